The second kappa shape index (κ2) is 6.14. The Balaban J connectivity index is 2.56. The molecule has 0 saturated carbocycles. The highest BCUT2D eigenvalue weighted by Gasteiger charge is 2.11. The van der Waals surface area contributed by atoms with Crippen LogP contribution in [0.25, 0.3) is 0 Å². The average molecular weight is 209 g/mol. The number of benzene rings is 1. The summed E-state index contributed by atoms with van der Waals surface area (Å²) in [4.78, 5) is 10.3. The third kappa shape index (κ3) is 3.67. The molecule has 1 aromatic rings. The van der Waals surface area contributed by atoms with Gasteiger partial charge in [-0.15, -0.1) is 0 Å². The lowest BCUT2D eigenvalue weighted by molar-refractivity contribution is -0.385. The molecule has 0 spiro atoms. The number of hydrogen-bond acceptors (Lipinski definition) is 3. The van der Waals surface area contributed by atoms with E-state index >= 15 is 0 Å². The van der Waals surface area contributed by atoms with E-state index in [-0.39, 0.29) is 10.6 Å². The molecule has 82 valence electrons. The predicted octanol–water partition coefficient (Wildman–Crippen LogP) is 2.91. The van der Waals surface area contributed by atoms with Crippen molar-refractivity contribution in [1.82, 2.24) is 0 Å². The maximum absolute atomic E-state index is 10.7. The van der Waals surface area contributed by atoms with Crippen LogP contribution in [0.1, 0.15) is 25.3 Å². The molecule has 0 bridgehead atoms. The van der Waals surface area contributed by atoms with E-state index in [1.807, 2.05) is 0 Å². The van der Waals surface area contributed by atoms with Crippen LogP contribution in [0.5, 0.6) is 0 Å². The lowest BCUT2D eigenvalue weighted by atomic mass is 10.2. The number of para-hydroxylation sites is 1. The van der Waals surface area contributed by atoms with Crippen LogP contribution in [0, 0.1) is 10.1 Å². The summed E-state index contributed by atoms with van der Waals surface area (Å²) >= 11 is 0. The van der Waals surface area contributed by atoms with Gasteiger partial charge in [0.25, 0.3) is 5.69 Å². The first kappa shape index (κ1) is 11.7. The largest absolute Gasteiger partial charge is 0.377 e. The summed E-state index contributed by atoms with van der Waals surface area (Å²) in [6.45, 7) is 3.05. The number of nitro groups is 1. The molecule has 0 aliphatic rings. The second-order valence-electron chi connectivity index (χ2n) is 3.29. The highest BCUT2D eigenvalue weighted by atomic mass is 16.6. The summed E-state index contributed by atoms with van der Waals surface area (Å²) in [5, 5.41) is 10.7. The molecule has 0 atom stereocenters. The molecule has 0 unspecified atom stereocenters. The van der Waals surface area contributed by atoms with Crippen molar-refractivity contribution in [3.05, 3.63) is 39.9 Å². The van der Waals surface area contributed by atoms with Crippen LogP contribution in [0.4, 0.5) is 5.69 Å². The van der Waals surface area contributed by atoms with Crippen molar-refractivity contribution < 1.29 is 9.66 Å². The fourth-order valence-corrected chi connectivity index (χ4v) is 1.24. The molecular formula is C11H15NO3. The Bertz CT molecular complexity index is 325. The zero-order chi connectivity index (χ0) is 11.1. The maximum atomic E-state index is 10.7. The van der Waals surface area contributed by atoms with Crippen molar-refractivity contribution >= 4 is 5.69 Å². The molecule has 1 aromatic carbocycles. The van der Waals surface area contributed by atoms with Gasteiger partial charge in [-0.3, -0.25) is 10.1 Å². The lowest BCUT2D eigenvalue weighted by Crippen LogP contribution is -1.99. The normalized spacial score (nSPS) is 10.2. The topological polar surface area (TPSA) is 52.4 Å². The van der Waals surface area contributed by atoms with E-state index in [0.717, 1.165) is 12.8 Å². The zero-order valence-corrected chi connectivity index (χ0v) is 8.81. The van der Waals surface area contributed by atoms with E-state index in [9.17, 15) is 10.1 Å². The minimum atomic E-state index is -0.376. The number of hydrogen-bond donors (Lipinski definition) is 0. The highest BCUT2D eigenvalue weighted by molar-refractivity contribution is 5.39. The monoisotopic (exact) mass is 209 g/mol. The maximum Gasteiger partial charge on any atom is 0.274 e. The first-order valence-corrected chi connectivity index (χ1v) is 5.05. The smallest absolute Gasteiger partial charge is 0.274 e. The SMILES string of the molecule is CCCCOCc1ccccc1[N+](=O)[O-]. The van der Waals surface area contributed by atoms with E-state index < -0.39 is 0 Å². The summed E-state index contributed by atoms with van der Waals surface area (Å²) in [6.07, 6.45) is 2.05. The summed E-state index contributed by atoms with van der Waals surface area (Å²) < 4.78 is 5.35. The van der Waals surface area contributed by atoms with Gasteiger partial charge in [-0.1, -0.05) is 25.5 Å². The van der Waals surface area contributed by atoms with Crippen molar-refractivity contribution in [1.29, 1.82) is 0 Å². The molecule has 0 N–H and O–H groups in total. The second-order valence-corrected chi connectivity index (χ2v) is 3.29. The van der Waals surface area contributed by atoms with Crippen LogP contribution in [-0.4, -0.2) is 11.5 Å². The Labute approximate surface area is 89.0 Å². The molecule has 0 aliphatic heterocycles. The lowest BCUT2D eigenvalue weighted by Gasteiger charge is -2.03. The summed E-state index contributed by atoms with van der Waals surface area (Å²) in [5.41, 5.74) is 0.771. The average Bonchev–Trinajstić information content (AvgIpc) is 2.25. The van der Waals surface area contributed by atoms with E-state index in [1.54, 1.807) is 18.2 Å². The van der Waals surface area contributed by atoms with Crippen LogP contribution >= 0.6 is 0 Å². The molecule has 4 nitrogen and oxygen atoms in total. The van der Waals surface area contributed by atoms with Crippen molar-refractivity contribution in [2.24, 2.45) is 0 Å². The van der Waals surface area contributed by atoms with Crippen molar-refractivity contribution in [3.8, 4) is 0 Å². The van der Waals surface area contributed by atoms with Gasteiger partial charge in [-0.2, -0.15) is 0 Å². The summed E-state index contributed by atoms with van der Waals surface area (Å²) in [6, 6.07) is 6.67. The van der Waals surface area contributed by atoms with Gasteiger partial charge in [0.2, 0.25) is 0 Å². The number of nitrogens with zero attached hydrogens (tertiary/aromatic N) is 1. The van der Waals surface area contributed by atoms with Crippen LogP contribution < -0.4 is 0 Å². The van der Waals surface area contributed by atoms with Crippen LogP contribution in [0.2, 0.25) is 0 Å². The highest BCUT2D eigenvalue weighted by Crippen LogP contribution is 2.18. The van der Waals surface area contributed by atoms with Crippen molar-refractivity contribution in [2.45, 2.75) is 26.4 Å². The van der Waals surface area contributed by atoms with Gasteiger partial charge >= 0.3 is 0 Å². The molecule has 0 aromatic heterocycles. The van der Waals surface area contributed by atoms with Crippen LogP contribution in [-0.2, 0) is 11.3 Å². The van der Waals surface area contributed by atoms with Gasteiger partial charge in [-0.25, -0.2) is 0 Å². The first-order valence-electron chi connectivity index (χ1n) is 5.05. The molecule has 15 heavy (non-hydrogen) atoms. The fraction of sp³-hybridized carbons (Fsp3) is 0.455. The Kier molecular flexibility index (Phi) is 4.77. The Morgan fingerprint density at radius 3 is 2.80 bits per heavy atom. The minimum Gasteiger partial charge on any atom is -0.377 e. The Morgan fingerprint density at radius 2 is 2.13 bits per heavy atom. The van der Waals surface area contributed by atoms with Gasteiger partial charge in [0.15, 0.2) is 0 Å². The van der Waals surface area contributed by atoms with Crippen LogP contribution in [0.3, 0.4) is 0 Å². The van der Waals surface area contributed by atoms with Gasteiger partial charge in [0.1, 0.15) is 0 Å². The van der Waals surface area contributed by atoms with E-state index in [1.165, 1.54) is 6.07 Å². The summed E-state index contributed by atoms with van der Waals surface area (Å²) in [5.74, 6) is 0. The molecule has 1 rings (SSSR count). The number of ether oxygens (including phenoxy) is 1. The van der Waals surface area contributed by atoms with Crippen LogP contribution in [0.15, 0.2) is 24.3 Å². The molecule has 4 heteroatoms. The molecular weight excluding hydrogens is 194 g/mol. The zero-order valence-electron chi connectivity index (χ0n) is 8.81. The van der Waals surface area contributed by atoms with E-state index in [2.05, 4.69) is 6.92 Å². The van der Waals surface area contributed by atoms with E-state index in [0.29, 0.717) is 18.8 Å². The van der Waals surface area contributed by atoms with Gasteiger partial charge in [0.05, 0.1) is 17.1 Å². The first-order chi connectivity index (χ1) is 7.25. The Morgan fingerprint density at radius 1 is 1.40 bits per heavy atom. The molecule has 0 radical (unpaired) electrons. The predicted molar refractivity (Wildman–Crippen MR) is 57.7 cm³/mol. The molecule has 0 fully saturated rings. The third-order valence-corrected chi connectivity index (χ3v) is 2.09. The number of unbranched alkanes of at least 4 members (excludes halogenated alkanes) is 1. The molecule has 0 aliphatic carbocycles. The summed E-state index contributed by atoms with van der Waals surface area (Å²) in [7, 11) is 0. The van der Waals surface area contributed by atoms with E-state index in [4.69, 9.17) is 4.74 Å². The van der Waals surface area contributed by atoms with Gasteiger partial charge < -0.3 is 4.74 Å². The number of rotatable bonds is 6. The van der Waals surface area contributed by atoms with Gasteiger partial charge in [-0.05, 0) is 12.5 Å². The third-order valence-electron chi connectivity index (χ3n) is 2.09. The quantitative estimate of drug-likeness (QED) is 0.411. The Hall–Kier alpha value is -1.42. The van der Waals surface area contributed by atoms with Crippen molar-refractivity contribution in [3.63, 3.8) is 0 Å². The minimum absolute atomic E-state index is 0.133. The van der Waals surface area contributed by atoms with Crippen molar-refractivity contribution in [2.75, 3.05) is 6.61 Å². The number of nitro benzene ring substituents is 1. The van der Waals surface area contributed by atoms with Gasteiger partial charge in [0, 0.05) is 12.7 Å². The standard InChI is InChI=1S/C11H15NO3/c1-2-3-8-15-9-10-6-4-5-7-11(10)12(13)14/h4-7H,2-3,8-9H2,1H3. The fourth-order valence-electron chi connectivity index (χ4n) is 1.24. The molecule has 0 saturated heterocycles. The molecule has 0 amide bonds. The molecule has 0 heterocycles.